The molecule has 1 aromatic carbocycles. The molecule has 0 aliphatic rings. The van der Waals surface area contributed by atoms with Crippen molar-refractivity contribution < 1.29 is 9.32 Å². The van der Waals surface area contributed by atoms with Crippen LogP contribution in [-0.2, 0) is 13.0 Å². The van der Waals surface area contributed by atoms with E-state index in [0.717, 1.165) is 11.3 Å². The quantitative estimate of drug-likeness (QED) is 0.882. The molecule has 1 heterocycles. The maximum absolute atomic E-state index is 12.2. The van der Waals surface area contributed by atoms with E-state index < -0.39 is 0 Å². The van der Waals surface area contributed by atoms with Gasteiger partial charge in [0.05, 0.1) is 5.69 Å². The number of nitrogens with two attached hydrogens (primary N) is 1. The standard InChI is InChI=1S/C14H17N3O2/c1-3-12-13(9(2)17-19-12)14(18)16-11-6-4-10(8-15)5-7-11/h4-7H,3,8,15H2,1-2H3,(H,16,18). The summed E-state index contributed by atoms with van der Waals surface area (Å²) < 4.78 is 5.11. The first-order valence-corrected chi connectivity index (χ1v) is 6.21. The predicted octanol–water partition coefficient (Wildman–Crippen LogP) is 2.26. The minimum absolute atomic E-state index is 0.198. The van der Waals surface area contributed by atoms with Crippen molar-refractivity contribution in [3.63, 3.8) is 0 Å². The van der Waals surface area contributed by atoms with E-state index in [2.05, 4.69) is 10.5 Å². The Morgan fingerprint density at radius 2 is 2.05 bits per heavy atom. The highest BCUT2D eigenvalue weighted by molar-refractivity contribution is 6.05. The monoisotopic (exact) mass is 259 g/mol. The first-order valence-electron chi connectivity index (χ1n) is 6.21. The molecule has 1 amide bonds. The van der Waals surface area contributed by atoms with Gasteiger partial charge in [0.25, 0.3) is 5.91 Å². The van der Waals surface area contributed by atoms with Gasteiger partial charge in [-0.15, -0.1) is 0 Å². The third-order valence-electron chi connectivity index (χ3n) is 2.93. The van der Waals surface area contributed by atoms with E-state index in [-0.39, 0.29) is 5.91 Å². The van der Waals surface area contributed by atoms with E-state index >= 15 is 0 Å². The van der Waals surface area contributed by atoms with Crippen LogP contribution < -0.4 is 11.1 Å². The summed E-state index contributed by atoms with van der Waals surface area (Å²) in [5.74, 6) is 0.407. The topological polar surface area (TPSA) is 81.2 Å². The summed E-state index contributed by atoms with van der Waals surface area (Å²) in [6, 6.07) is 7.43. The van der Waals surface area contributed by atoms with Crippen molar-refractivity contribution in [1.29, 1.82) is 0 Å². The molecular weight excluding hydrogens is 242 g/mol. The van der Waals surface area contributed by atoms with Crippen molar-refractivity contribution in [3.05, 3.63) is 46.8 Å². The fourth-order valence-electron chi connectivity index (χ4n) is 1.87. The Kier molecular flexibility index (Phi) is 3.97. The Bertz CT molecular complexity index is 573. The lowest BCUT2D eigenvalue weighted by Gasteiger charge is -2.06. The average molecular weight is 259 g/mol. The fourth-order valence-corrected chi connectivity index (χ4v) is 1.87. The van der Waals surface area contributed by atoms with Gasteiger partial charge in [-0.2, -0.15) is 0 Å². The van der Waals surface area contributed by atoms with Gasteiger partial charge in [0.15, 0.2) is 0 Å². The van der Waals surface area contributed by atoms with Gasteiger partial charge in [-0.05, 0) is 24.6 Å². The van der Waals surface area contributed by atoms with Gasteiger partial charge < -0.3 is 15.6 Å². The molecule has 3 N–H and O–H groups in total. The van der Waals surface area contributed by atoms with Crippen LogP contribution >= 0.6 is 0 Å². The zero-order valence-electron chi connectivity index (χ0n) is 11.1. The highest BCUT2D eigenvalue weighted by Gasteiger charge is 2.19. The second kappa shape index (κ2) is 5.67. The molecule has 0 atom stereocenters. The Balaban J connectivity index is 2.18. The van der Waals surface area contributed by atoms with Crippen molar-refractivity contribution >= 4 is 11.6 Å². The van der Waals surface area contributed by atoms with Crippen molar-refractivity contribution in [3.8, 4) is 0 Å². The zero-order valence-corrected chi connectivity index (χ0v) is 11.1. The minimum atomic E-state index is -0.198. The van der Waals surface area contributed by atoms with E-state index in [1.165, 1.54) is 0 Å². The summed E-state index contributed by atoms with van der Waals surface area (Å²) in [6.45, 7) is 4.17. The molecular formula is C14H17N3O2. The lowest BCUT2D eigenvalue weighted by atomic mass is 10.1. The molecule has 0 aliphatic carbocycles. The Hall–Kier alpha value is -2.14. The predicted molar refractivity (Wildman–Crippen MR) is 72.9 cm³/mol. The van der Waals surface area contributed by atoms with Crippen LogP contribution in [0.5, 0.6) is 0 Å². The third kappa shape index (κ3) is 2.82. The first kappa shape index (κ1) is 13.3. The molecule has 5 nitrogen and oxygen atoms in total. The molecule has 100 valence electrons. The maximum Gasteiger partial charge on any atom is 0.261 e. The van der Waals surface area contributed by atoms with E-state index in [4.69, 9.17) is 10.3 Å². The summed E-state index contributed by atoms with van der Waals surface area (Å²) in [4.78, 5) is 12.2. The highest BCUT2D eigenvalue weighted by atomic mass is 16.5. The average Bonchev–Trinajstić information content (AvgIpc) is 2.80. The van der Waals surface area contributed by atoms with E-state index in [9.17, 15) is 4.79 Å². The van der Waals surface area contributed by atoms with E-state index in [1.807, 2.05) is 31.2 Å². The van der Waals surface area contributed by atoms with Gasteiger partial charge in [0.2, 0.25) is 0 Å². The highest BCUT2D eigenvalue weighted by Crippen LogP contribution is 2.17. The lowest BCUT2D eigenvalue weighted by Crippen LogP contribution is -2.14. The maximum atomic E-state index is 12.2. The molecule has 0 aliphatic heterocycles. The minimum Gasteiger partial charge on any atom is -0.360 e. The van der Waals surface area contributed by atoms with Gasteiger partial charge >= 0.3 is 0 Å². The number of anilines is 1. The molecule has 0 unspecified atom stereocenters. The van der Waals surface area contributed by atoms with Crippen LogP contribution in [0.25, 0.3) is 0 Å². The second-order valence-corrected chi connectivity index (χ2v) is 4.27. The van der Waals surface area contributed by atoms with Crippen LogP contribution in [0.15, 0.2) is 28.8 Å². The number of carbonyl (C=O) groups excluding carboxylic acids is 1. The Morgan fingerprint density at radius 1 is 1.37 bits per heavy atom. The van der Waals surface area contributed by atoms with Crippen molar-refractivity contribution in [1.82, 2.24) is 5.16 Å². The number of carbonyl (C=O) groups is 1. The number of benzene rings is 1. The van der Waals surface area contributed by atoms with E-state index in [0.29, 0.717) is 30.0 Å². The van der Waals surface area contributed by atoms with Crippen molar-refractivity contribution in [2.45, 2.75) is 26.8 Å². The normalized spacial score (nSPS) is 10.5. The summed E-state index contributed by atoms with van der Waals surface area (Å²) in [5.41, 5.74) is 8.40. The Morgan fingerprint density at radius 3 is 2.63 bits per heavy atom. The van der Waals surface area contributed by atoms with Gasteiger partial charge in [-0.25, -0.2) is 0 Å². The van der Waals surface area contributed by atoms with Crippen LogP contribution in [0.3, 0.4) is 0 Å². The number of nitrogens with zero attached hydrogens (tertiary/aromatic N) is 1. The summed E-state index contributed by atoms with van der Waals surface area (Å²) in [7, 11) is 0. The number of hydrogen-bond acceptors (Lipinski definition) is 4. The largest absolute Gasteiger partial charge is 0.360 e. The van der Waals surface area contributed by atoms with Gasteiger partial charge in [0, 0.05) is 18.7 Å². The molecule has 19 heavy (non-hydrogen) atoms. The molecule has 2 rings (SSSR count). The smallest absolute Gasteiger partial charge is 0.261 e. The first-order chi connectivity index (χ1) is 9.15. The molecule has 0 bridgehead atoms. The van der Waals surface area contributed by atoms with E-state index in [1.54, 1.807) is 6.92 Å². The summed E-state index contributed by atoms with van der Waals surface area (Å²) >= 11 is 0. The third-order valence-corrected chi connectivity index (χ3v) is 2.93. The SMILES string of the molecule is CCc1onc(C)c1C(=O)Nc1ccc(CN)cc1. The number of hydrogen-bond donors (Lipinski definition) is 2. The van der Waals surface area contributed by atoms with Crippen LogP contribution in [0, 0.1) is 6.92 Å². The van der Waals surface area contributed by atoms with Crippen LogP contribution in [0.4, 0.5) is 5.69 Å². The molecule has 0 radical (unpaired) electrons. The molecule has 1 aromatic heterocycles. The van der Waals surface area contributed by atoms with Crippen molar-refractivity contribution in [2.24, 2.45) is 5.73 Å². The molecule has 0 saturated heterocycles. The number of aryl methyl sites for hydroxylation is 2. The summed E-state index contributed by atoms with van der Waals surface area (Å²) in [5, 5.41) is 6.66. The number of aromatic nitrogens is 1. The van der Waals surface area contributed by atoms with Crippen LogP contribution in [0.1, 0.15) is 34.3 Å². The number of amides is 1. The zero-order chi connectivity index (χ0) is 13.8. The second-order valence-electron chi connectivity index (χ2n) is 4.27. The van der Waals surface area contributed by atoms with Gasteiger partial charge in [0.1, 0.15) is 11.3 Å². The number of nitrogens with one attached hydrogen (secondary N) is 1. The van der Waals surface area contributed by atoms with Crippen LogP contribution in [-0.4, -0.2) is 11.1 Å². The molecule has 5 heteroatoms. The lowest BCUT2D eigenvalue weighted by molar-refractivity contribution is 0.102. The molecule has 0 saturated carbocycles. The fraction of sp³-hybridized carbons (Fsp3) is 0.286. The van der Waals surface area contributed by atoms with Crippen molar-refractivity contribution in [2.75, 3.05) is 5.32 Å². The van der Waals surface area contributed by atoms with Gasteiger partial charge in [-0.1, -0.05) is 24.2 Å². The van der Waals surface area contributed by atoms with Crippen LogP contribution in [0.2, 0.25) is 0 Å². The van der Waals surface area contributed by atoms with Gasteiger partial charge in [-0.3, -0.25) is 4.79 Å². The molecule has 0 spiro atoms. The Labute approximate surface area is 111 Å². The summed E-state index contributed by atoms with van der Waals surface area (Å²) in [6.07, 6.45) is 0.635. The molecule has 0 fully saturated rings. The number of rotatable bonds is 4. The molecule has 2 aromatic rings.